The second-order valence-corrected chi connectivity index (χ2v) is 4.55. The van der Waals surface area contributed by atoms with Gasteiger partial charge in [-0.1, -0.05) is 11.8 Å². The highest BCUT2D eigenvalue weighted by atomic mass is 32.1. The maximum atomic E-state index is 8.59. The molecule has 0 spiro atoms. The average Bonchev–Trinajstić information content (AvgIpc) is 2.86. The minimum Gasteiger partial charge on any atom is -0.384 e. The number of aryl methyl sites for hydroxylation is 1. The van der Waals surface area contributed by atoms with Crippen LogP contribution in [0.2, 0.25) is 0 Å². The Morgan fingerprint density at radius 2 is 2.31 bits per heavy atom. The SMILES string of the molecule is Cc1ccn(Cc2ccc(C#CCO)s2)n1. The van der Waals surface area contributed by atoms with E-state index in [2.05, 4.69) is 16.9 Å². The Labute approximate surface area is 98.4 Å². The van der Waals surface area contributed by atoms with Gasteiger partial charge in [0.05, 0.1) is 17.1 Å². The van der Waals surface area contributed by atoms with Gasteiger partial charge in [0.1, 0.15) is 6.61 Å². The maximum absolute atomic E-state index is 8.59. The van der Waals surface area contributed by atoms with Crippen LogP contribution in [0.1, 0.15) is 15.4 Å². The van der Waals surface area contributed by atoms with Crippen LogP contribution in [-0.4, -0.2) is 21.5 Å². The number of nitrogens with zero attached hydrogens (tertiary/aromatic N) is 2. The van der Waals surface area contributed by atoms with E-state index in [-0.39, 0.29) is 6.61 Å². The van der Waals surface area contributed by atoms with Crippen molar-refractivity contribution >= 4 is 11.3 Å². The zero-order valence-corrected chi connectivity index (χ0v) is 9.79. The standard InChI is InChI=1S/C12H12N2OS/c1-10-6-7-14(13-10)9-12-5-4-11(16-12)3-2-8-15/h4-7,15H,8-9H2,1H3. The van der Waals surface area contributed by atoms with E-state index >= 15 is 0 Å². The first-order valence-corrected chi connectivity index (χ1v) is 5.78. The zero-order valence-electron chi connectivity index (χ0n) is 8.97. The molecule has 0 aliphatic heterocycles. The zero-order chi connectivity index (χ0) is 11.4. The summed E-state index contributed by atoms with van der Waals surface area (Å²) >= 11 is 1.63. The molecule has 0 aliphatic rings. The predicted octanol–water partition coefficient (Wildman–Crippen LogP) is 1.65. The van der Waals surface area contributed by atoms with Crippen molar-refractivity contribution in [3.05, 3.63) is 39.8 Å². The van der Waals surface area contributed by atoms with Gasteiger partial charge in [0, 0.05) is 11.1 Å². The van der Waals surface area contributed by atoms with Crippen LogP contribution in [0.4, 0.5) is 0 Å². The molecule has 2 rings (SSSR count). The number of aromatic nitrogens is 2. The number of thiophene rings is 1. The van der Waals surface area contributed by atoms with Gasteiger partial charge < -0.3 is 5.11 Å². The van der Waals surface area contributed by atoms with Crippen LogP contribution in [0.5, 0.6) is 0 Å². The number of hydrogen-bond donors (Lipinski definition) is 1. The predicted molar refractivity (Wildman–Crippen MR) is 64.3 cm³/mol. The van der Waals surface area contributed by atoms with Crippen molar-refractivity contribution in [2.75, 3.05) is 6.61 Å². The largest absolute Gasteiger partial charge is 0.384 e. The number of rotatable bonds is 2. The van der Waals surface area contributed by atoms with Gasteiger partial charge in [-0.3, -0.25) is 4.68 Å². The van der Waals surface area contributed by atoms with Crippen molar-refractivity contribution in [1.29, 1.82) is 0 Å². The molecule has 0 atom stereocenters. The first kappa shape index (κ1) is 10.9. The number of hydrogen-bond acceptors (Lipinski definition) is 3. The first-order valence-electron chi connectivity index (χ1n) is 4.96. The van der Waals surface area contributed by atoms with Gasteiger partial charge in [0.2, 0.25) is 0 Å². The summed E-state index contributed by atoms with van der Waals surface area (Å²) in [5.74, 6) is 5.53. The Morgan fingerprint density at radius 3 is 3.00 bits per heavy atom. The minimum absolute atomic E-state index is 0.0917. The van der Waals surface area contributed by atoms with Gasteiger partial charge in [0.25, 0.3) is 0 Å². The third-order valence-electron chi connectivity index (χ3n) is 2.04. The highest BCUT2D eigenvalue weighted by molar-refractivity contribution is 7.12. The lowest BCUT2D eigenvalue weighted by atomic mass is 10.4. The van der Waals surface area contributed by atoms with Crippen molar-refractivity contribution < 1.29 is 5.11 Å². The molecule has 16 heavy (non-hydrogen) atoms. The van der Waals surface area contributed by atoms with Crippen LogP contribution in [0.25, 0.3) is 0 Å². The van der Waals surface area contributed by atoms with Crippen LogP contribution < -0.4 is 0 Å². The number of aliphatic hydroxyl groups excluding tert-OH is 1. The molecule has 0 aliphatic carbocycles. The van der Waals surface area contributed by atoms with E-state index in [1.165, 1.54) is 4.88 Å². The molecule has 0 amide bonds. The molecule has 0 fully saturated rings. The third-order valence-corrected chi connectivity index (χ3v) is 3.03. The molecular formula is C12H12N2OS. The molecule has 4 heteroatoms. The van der Waals surface area contributed by atoms with Gasteiger partial charge in [-0.2, -0.15) is 5.10 Å². The lowest BCUT2D eigenvalue weighted by Crippen LogP contribution is -1.98. The van der Waals surface area contributed by atoms with E-state index in [4.69, 9.17) is 5.11 Å². The van der Waals surface area contributed by atoms with E-state index in [0.29, 0.717) is 0 Å². The van der Waals surface area contributed by atoms with Crippen molar-refractivity contribution in [3.63, 3.8) is 0 Å². The number of aliphatic hydroxyl groups is 1. The summed E-state index contributed by atoms with van der Waals surface area (Å²) in [6.07, 6.45) is 1.97. The fraction of sp³-hybridized carbons (Fsp3) is 0.250. The Bertz CT molecular complexity index is 530. The summed E-state index contributed by atoms with van der Waals surface area (Å²) < 4.78 is 1.91. The van der Waals surface area contributed by atoms with Crippen LogP contribution in [0.15, 0.2) is 24.4 Å². The maximum Gasteiger partial charge on any atom is 0.104 e. The normalized spacial score (nSPS) is 9.88. The highest BCUT2D eigenvalue weighted by Gasteiger charge is 2.00. The molecule has 2 aromatic rings. The Kier molecular flexibility index (Phi) is 3.40. The van der Waals surface area contributed by atoms with Crippen LogP contribution in [0.3, 0.4) is 0 Å². The van der Waals surface area contributed by atoms with E-state index in [0.717, 1.165) is 17.1 Å². The molecular weight excluding hydrogens is 220 g/mol. The van der Waals surface area contributed by atoms with Crippen molar-refractivity contribution in [2.45, 2.75) is 13.5 Å². The van der Waals surface area contributed by atoms with E-state index in [9.17, 15) is 0 Å². The molecule has 0 aromatic carbocycles. The Balaban J connectivity index is 2.08. The summed E-state index contributed by atoms with van der Waals surface area (Å²) in [6.45, 7) is 2.66. The summed E-state index contributed by atoms with van der Waals surface area (Å²) in [6, 6.07) is 6.00. The van der Waals surface area contributed by atoms with Crippen molar-refractivity contribution in [1.82, 2.24) is 9.78 Å². The smallest absolute Gasteiger partial charge is 0.104 e. The van der Waals surface area contributed by atoms with Crippen LogP contribution in [0, 0.1) is 18.8 Å². The lowest BCUT2D eigenvalue weighted by Gasteiger charge is -1.96. The second kappa shape index (κ2) is 4.97. The Morgan fingerprint density at radius 1 is 1.44 bits per heavy atom. The van der Waals surface area contributed by atoms with Gasteiger partial charge in [-0.25, -0.2) is 0 Å². The van der Waals surface area contributed by atoms with Crippen molar-refractivity contribution in [3.8, 4) is 11.8 Å². The van der Waals surface area contributed by atoms with Gasteiger partial charge in [0.15, 0.2) is 0 Å². The third kappa shape index (κ3) is 2.72. The molecule has 0 bridgehead atoms. The lowest BCUT2D eigenvalue weighted by molar-refractivity contribution is 0.350. The second-order valence-electron chi connectivity index (χ2n) is 3.38. The molecule has 2 aromatic heterocycles. The topological polar surface area (TPSA) is 38.0 Å². The summed E-state index contributed by atoms with van der Waals surface area (Å²) in [5, 5.41) is 12.9. The molecule has 0 radical (unpaired) electrons. The minimum atomic E-state index is -0.0917. The monoisotopic (exact) mass is 232 g/mol. The van der Waals surface area contributed by atoms with Crippen LogP contribution in [-0.2, 0) is 6.54 Å². The van der Waals surface area contributed by atoms with E-state index in [1.807, 2.05) is 36.0 Å². The average molecular weight is 232 g/mol. The van der Waals surface area contributed by atoms with Crippen LogP contribution >= 0.6 is 11.3 Å². The molecule has 0 saturated heterocycles. The molecule has 1 N–H and O–H groups in total. The summed E-state index contributed by atoms with van der Waals surface area (Å²) in [7, 11) is 0. The molecule has 2 heterocycles. The quantitative estimate of drug-likeness (QED) is 0.799. The van der Waals surface area contributed by atoms with Gasteiger partial charge in [-0.05, 0) is 25.1 Å². The first-order chi connectivity index (χ1) is 7.78. The summed E-state index contributed by atoms with van der Waals surface area (Å²) in [4.78, 5) is 2.19. The fourth-order valence-electron chi connectivity index (χ4n) is 1.37. The Hall–Kier alpha value is -1.57. The van der Waals surface area contributed by atoms with Gasteiger partial charge in [-0.15, -0.1) is 11.3 Å². The molecule has 3 nitrogen and oxygen atoms in total. The molecule has 82 valence electrons. The van der Waals surface area contributed by atoms with Gasteiger partial charge >= 0.3 is 0 Å². The van der Waals surface area contributed by atoms with Crippen molar-refractivity contribution in [2.24, 2.45) is 0 Å². The summed E-state index contributed by atoms with van der Waals surface area (Å²) in [5.41, 5.74) is 1.02. The van der Waals surface area contributed by atoms with E-state index in [1.54, 1.807) is 11.3 Å². The highest BCUT2D eigenvalue weighted by Crippen LogP contribution is 2.16. The molecule has 0 unspecified atom stereocenters. The molecule has 0 saturated carbocycles. The fourth-order valence-corrected chi connectivity index (χ4v) is 2.24. The van der Waals surface area contributed by atoms with E-state index < -0.39 is 0 Å².